The first kappa shape index (κ1) is 25.0. The monoisotopic (exact) mass is 516 g/mol. The number of hydrogen-bond donors (Lipinski definition) is 2. The molecule has 12 heteroatoms. The van der Waals surface area contributed by atoms with Gasteiger partial charge in [0.15, 0.2) is 10.8 Å². The number of methoxy groups -OCH3 is 1. The third-order valence-electron chi connectivity index (χ3n) is 4.66. The van der Waals surface area contributed by atoms with Crippen molar-refractivity contribution < 1.29 is 22.7 Å². The fourth-order valence-corrected chi connectivity index (χ4v) is 4.56. The number of hydrogen-bond acceptors (Lipinski definition) is 5. The van der Waals surface area contributed by atoms with Crippen LogP contribution >= 0.6 is 35.2 Å². The van der Waals surface area contributed by atoms with Crippen molar-refractivity contribution in [1.29, 1.82) is 0 Å². The summed E-state index contributed by atoms with van der Waals surface area (Å²) in [6.45, 7) is 2.08. The number of ether oxygens (including phenoxy) is 1. The molecule has 0 atom stereocenters. The van der Waals surface area contributed by atoms with Gasteiger partial charge in [0.1, 0.15) is 5.00 Å². The molecular formula is C21H20ClF3N4O2S2. The molecule has 0 bridgehead atoms. The molecule has 0 radical (unpaired) electrons. The third-order valence-corrected chi connectivity index (χ3v) is 6.46. The molecule has 2 heterocycles. The molecule has 3 aromatic rings. The maximum atomic E-state index is 12.9. The van der Waals surface area contributed by atoms with E-state index in [0.29, 0.717) is 23.5 Å². The number of halogens is 4. The first-order chi connectivity index (χ1) is 15.6. The van der Waals surface area contributed by atoms with E-state index in [1.807, 2.05) is 30.3 Å². The molecule has 1 aromatic carbocycles. The zero-order valence-corrected chi connectivity index (χ0v) is 20.0. The minimum atomic E-state index is -4.60. The van der Waals surface area contributed by atoms with Crippen LogP contribution in [-0.4, -0.2) is 34.5 Å². The average Bonchev–Trinajstić information content (AvgIpc) is 3.32. The van der Waals surface area contributed by atoms with Crippen molar-refractivity contribution in [3.8, 4) is 10.4 Å². The molecule has 176 valence electrons. The Morgan fingerprint density at radius 2 is 2.00 bits per heavy atom. The Hall–Kier alpha value is -2.63. The van der Waals surface area contributed by atoms with Crippen LogP contribution in [0.3, 0.4) is 0 Å². The smallest absolute Gasteiger partial charge is 0.436 e. The highest BCUT2D eigenvalue weighted by Gasteiger charge is 2.38. The van der Waals surface area contributed by atoms with E-state index in [1.54, 1.807) is 6.07 Å². The Morgan fingerprint density at radius 3 is 2.61 bits per heavy atom. The summed E-state index contributed by atoms with van der Waals surface area (Å²) in [6.07, 6.45) is -4.16. The molecule has 0 aliphatic heterocycles. The van der Waals surface area contributed by atoms with Gasteiger partial charge in [-0.2, -0.15) is 18.3 Å². The lowest BCUT2D eigenvalue weighted by Gasteiger charge is -2.11. The van der Waals surface area contributed by atoms with Crippen LogP contribution in [0.1, 0.15) is 28.2 Å². The largest absolute Gasteiger partial charge is 0.465 e. The van der Waals surface area contributed by atoms with Gasteiger partial charge in [0.25, 0.3) is 0 Å². The van der Waals surface area contributed by atoms with Gasteiger partial charge in [0.05, 0.1) is 23.4 Å². The molecule has 0 aliphatic rings. The molecule has 0 amide bonds. The van der Waals surface area contributed by atoms with Crippen molar-refractivity contribution in [1.82, 2.24) is 15.1 Å². The molecule has 0 saturated carbocycles. The van der Waals surface area contributed by atoms with Crippen LogP contribution in [0.25, 0.3) is 10.4 Å². The fraction of sp³-hybridized carbons (Fsp3) is 0.286. The zero-order chi connectivity index (χ0) is 24.2. The van der Waals surface area contributed by atoms with Crippen LogP contribution in [0.2, 0.25) is 5.02 Å². The molecule has 2 N–H and O–H groups in total. The number of esters is 1. The highest BCUT2D eigenvalue weighted by Crippen LogP contribution is 2.36. The van der Waals surface area contributed by atoms with Crippen LogP contribution in [-0.2, 0) is 17.5 Å². The van der Waals surface area contributed by atoms with E-state index in [4.69, 9.17) is 28.6 Å². The Balaban J connectivity index is 1.60. The number of thiophene rings is 1. The summed E-state index contributed by atoms with van der Waals surface area (Å²) in [4.78, 5) is 13.1. The quantitative estimate of drug-likeness (QED) is 0.236. The molecule has 0 spiro atoms. The van der Waals surface area contributed by atoms with Gasteiger partial charge in [-0.1, -0.05) is 41.9 Å². The Morgan fingerprint density at radius 1 is 1.30 bits per heavy atom. The molecule has 2 aromatic heterocycles. The Bertz CT molecular complexity index is 1150. The van der Waals surface area contributed by atoms with Gasteiger partial charge in [-0.3, -0.25) is 4.68 Å². The normalized spacial score (nSPS) is 11.3. The molecule has 0 saturated heterocycles. The molecule has 0 aliphatic carbocycles. The lowest BCUT2D eigenvalue weighted by molar-refractivity contribution is -0.141. The number of thiocarbonyl (C=S) groups is 1. The molecule has 0 fully saturated rings. The highest BCUT2D eigenvalue weighted by molar-refractivity contribution is 7.80. The number of aromatic nitrogens is 2. The van der Waals surface area contributed by atoms with Crippen LogP contribution in [0, 0.1) is 6.92 Å². The zero-order valence-electron chi connectivity index (χ0n) is 17.6. The van der Waals surface area contributed by atoms with Gasteiger partial charge in [-0.15, -0.1) is 11.3 Å². The van der Waals surface area contributed by atoms with E-state index in [-0.39, 0.29) is 17.4 Å². The summed E-state index contributed by atoms with van der Waals surface area (Å²) in [5.41, 5.74) is 0.464. The Kier molecular flexibility index (Phi) is 7.98. The van der Waals surface area contributed by atoms with E-state index in [2.05, 4.69) is 15.7 Å². The topological polar surface area (TPSA) is 68.2 Å². The summed E-state index contributed by atoms with van der Waals surface area (Å²) in [7, 11) is 1.30. The van der Waals surface area contributed by atoms with E-state index in [0.717, 1.165) is 10.4 Å². The molecular weight excluding hydrogens is 497 g/mol. The van der Waals surface area contributed by atoms with Gasteiger partial charge < -0.3 is 15.4 Å². The lowest BCUT2D eigenvalue weighted by Crippen LogP contribution is -2.30. The van der Waals surface area contributed by atoms with Crippen LogP contribution < -0.4 is 10.6 Å². The average molecular weight is 517 g/mol. The van der Waals surface area contributed by atoms with Crippen LogP contribution in [0.15, 0.2) is 36.4 Å². The number of carbonyl (C=O) groups excluding carboxylic acids is 1. The molecule has 3 rings (SSSR count). The first-order valence-corrected chi connectivity index (χ1v) is 11.3. The lowest BCUT2D eigenvalue weighted by atomic mass is 10.1. The van der Waals surface area contributed by atoms with E-state index < -0.39 is 22.9 Å². The van der Waals surface area contributed by atoms with Crippen molar-refractivity contribution in [2.75, 3.05) is 19.0 Å². The second-order valence-electron chi connectivity index (χ2n) is 6.91. The van der Waals surface area contributed by atoms with Gasteiger partial charge in [-0.05, 0) is 37.2 Å². The number of anilines is 1. The van der Waals surface area contributed by atoms with Gasteiger partial charge >= 0.3 is 12.1 Å². The number of carbonyl (C=O) groups is 1. The molecule has 6 nitrogen and oxygen atoms in total. The molecule has 33 heavy (non-hydrogen) atoms. The van der Waals surface area contributed by atoms with Crippen LogP contribution in [0.5, 0.6) is 0 Å². The highest BCUT2D eigenvalue weighted by atomic mass is 35.5. The fourth-order valence-electron chi connectivity index (χ4n) is 2.99. The summed E-state index contributed by atoms with van der Waals surface area (Å²) >= 11 is 12.4. The number of benzene rings is 1. The standard InChI is InChI=1S/C21H20ClF3N4O2S2/c1-12-16(22)17(21(23,24)25)28-29(12)10-6-9-26-20(32)27-18-14(19(30)31-2)11-15(33-18)13-7-4-3-5-8-13/h3-5,7-8,11H,6,9-10H2,1-2H3,(H2,26,27,32). The second kappa shape index (κ2) is 10.5. The Labute approximate surface area is 202 Å². The van der Waals surface area contributed by atoms with E-state index in [1.165, 1.54) is 30.1 Å². The third kappa shape index (κ3) is 6.04. The first-order valence-electron chi connectivity index (χ1n) is 9.74. The summed E-state index contributed by atoms with van der Waals surface area (Å²) in [6, 6.07) is 11.3. The van der Waals surface area contributed by atoms with Crippen LogP contribution in [0.4, 0.5) is 18.2 Å². The predicted molar refractivity (Wildman–Crippen MR) is 127 cm³/mol. The predicted octanol–water partition coefficient (Wildman–Crippen LogP) is 5.76. The molecule has 0 unspecified atom stereocenters. The van der Waals surface area contributed by atoms with Crippen molar-refractivity contribution >= 4 is 51.2 Å². The minimum absolute atomic E-state index is 0.224. The summed E-state index contributed by atoms with van der Waals surface area (Å²) in [5.74, 6) is -0.495. The van der Waals surface area contributed by atoms with Gasteiger partial charge in [0.2, 0.25) is 0 Å². The maximum absolute atomic E-state index is 12.9. The van der Waals surface area contributed by atoms with Gasteiger partial charge in [0, 0.05) is 18.0 Å². The van der Waals surface area contributed by atoms with Crippen molar-refractivity contribution in [2.24, 2.45) is 0 Å². The van der Waals surface area contributed by atoms with Crippen molar-refractivity contribution in [3.05, 3.63) is 58.4 Å². The van der Waals surface area contributed by atoms with E-state index in [9.17, 15) is 18.0 Å². The van der Waals surface area contributed by atoms with Crippen molar-refractivity contribution in [2.45, 2.75) is 26.1 Å². The SMILES string of the molecule is COC(=O)c1cc(-c2ccccc2)sc1NC(=S)NCCCn1nc(C(F)(F)F)c(Cl)c1C. The number of alkyl halides is 3. The number of rotatable bonds is 7. The minimum Gasteiger partial charge on any atom is -0.465 e. The van der Waals surface area contributed by atoms with Crippen molar-refractivity contribution in [3.63, 3.8) is 0 Å². The number of nitrogens with one attached hydrogen (secondary N) is 2. The van der Waals surface area contributed by atoms with Gasteiger partial charge in [-0.25, -0.2) is 4.79 Å². The van der Waals surface area contributed by atoms with E-state index >= 15 is 0 Å². The summed E-state index contributed by atoms with van der Waals surface area (Å²) < 4.78 is 44.9. The summed E-state index contributed by atoms with van der Waals surface area (Å²) in [5, 5.41) is 9.97. The number of aryl methyl sites for hydroxylation is 1. The second-order valence-corrected chi connectivity index (χ2v) is 8.75. The maximum Gasteiger partial charge on any atom is 0.436 e. The number of nitrogens with zero attached hydrogens (tertiary/aromatic N) is 2.